The van der Waals surface area contributed by atoms with E-state index < -0.39 is 0 Å². The molecule has 1 saturated heterocycles. The number of esters is 2. The molecule has 0 N–H and O–H groups in total. The summed E-state index contributed by atoms with van der Waals surface area (Å²) < 4.78 is 10.6. The number of rotatable bonds is 5. The predicted molar refractivity (Wildman–Crippen MR) is 85.4 cm³/mol. The van der Waals surface area contributed by atoms with Gasteiger partial charge in [0, 0.05) is 11.1 Å². The van der Waals surface area contributed by atoms with Crippen LogP contribution in [0.15, 0.2) is 35.1 Å². The molecule has 1 fully saturated rings. The van der Waals surface area contributed by atoms with Gasteiger partial charge in [-0.2, -0.15) is 0 Å². The lowest BCUT2D eigenvalue weighted by Gasteiger charge is -2.27. The summed E-state index contributed by atoms with van der Waals surface area (Å²) in [7, 11) is 0. The second-order valence-electron chi connectivity index (χ2n) is 6.43. The van der Waals surface area contributed by atoms with Crippen LogP contribution in [0.3, 0.4) is 0 Å². The molecule has 0 aromatic rings. The molecule has 0 bridgehead atoms. The number of ether oxygens (including phenoxy) is 2. The second kappa shape index (κ2) is 6.71. The van der Waals surface area contributed by atoms with Crippen molar-refractivity contribution in [1.29, 1.82) is 0 Å². The molecule has 0 aliphatic carbocycles. The van der Waals surface area contributed by atoms with Gasteiger partial charge >= 0.3 is 11.9 Å². The van der Waals surface area contributed by atoms with Gasteiger partial charge in [-0.25, -0.2) is 9.59 Å². The van der Waals surface area contributed by atoms with Crippen LogP contribution in [0.2, 0.25) is 0 Å². The Balaban J connectivity index is 1.48. The highest BCUT2D eigenvalue weighted by molar-refractivity contribution is 5.92. The molecule has 0 unspecified atom stereocenters. The zero-order chi connectivity index (χ0) is 16.4. The van der Waals surface area contributed by atoms with E-state index in [4.69, 9.17) is 9.47 Å². The van der Waals surface area contributed by atoms with Gasteiger partial charge in [0.2, 0.25) is 0 Å². The zero-order valence-electron chi connectivity index (χ0n) is 13.7. The fourth-order valence-corrected chi connectivity index (χ4v) is 3.38. The Kier molecular flexibility index (Phi) is 4.66. The maximum absolute atomic E-state index is 11.5. The summed E-state index contributed by atoms with van der Waals surface area (Å²) in [6, 6.07) is 0.301. The normalized spacial score (nSPS) is 29.7. The first-order chi connectivity index (χ1) is 11.0. The van der Waals surface area contributed by atoms with Crippen molar-refractivity contribution in [2.24, 2.45) is 0 Å². The Morgan fingerprint density at radius 3 is 2.74 bits per heavy atom. The molecule has 23 heavy (non-hydrogen) atoms. The Labute approximate surface area is 136 Å². The number of allylic oxidation sites excluding steroid dienone is 2. The van der Waals surface area contributed by atoms with Crippen molar-refractivity contribution < 1.29 is 19.1 Å². The van der Waals surface area contributed by atoms with Crippen LogP contribution in [-0.4, -0.2) is 42.1 Å². The summed E-state index contributed by atoms with van der Waals surface area (Å²) in [6.45, 7) is 5.59. The van der Waals surface area contributed by atoms with Crippen LogP contribution in [0.4, 0.5) is 0 Å². The molecule has 3 rings (SSSR count). The number of carbonyl (C=O) groups excluding carboxylic acids is 2. The lowest BCUT2D eigenvalue weighted by atomic mass is 10.1. The Bertz CT molecular complexity index is 602. The number of unbranched alkanes of at least 4 members (excludes halogenated alkanes) is 1. The third-order valence-electron chi connectivity index (χ3n) is 4.66. The third kappa shape index (κ3) is 3.55. The van der Waals surface area contributed by atoms with E-state index in [0.717, 1.165) is 44.3 Å². The molecule has 0 amide bonds. The quantitative estimate of drug-likeness (QED) is 0.576. The van der Waals surface area contributed by atoms with Gasteiger partial charge in [0.05, 0.1) is 6.04 Å². The van der Waals surface area contributed by atoms with Gasteiger partial charge in [0.15, 0.2) is 0 Å². The van der Waals surface area contributed by atoms with Gasteiger partial charge in [0.1, 0.15) is 11.9 Å². The van der Waals surface area contributed by atoms with Gasteiger partial charge in [-0.15, -0.1) is 0 Å². The Hall–Kier alpha value is -1.88. The summed E-state index contributed by atoms with van der Waals surface area (Å²) >= 11 is 0. The number of carbonyl (C=O) groups is 2. The summed E-state index contributed by atoms with van der Waals surface area (Å²) in [6.07, 6.45) is 9.70. The standard InChI is InChI=1S/C18H23NO4/c1-12-10-14(22-17(12)20)6-3-4-8-19-9-5-7-15(19)16-11-13(2)18(21)23-16/h6,10-11,15-16H,3-5,7-9H2,1-2H3/b14-6-/t15-,16-/m1/s1. The molecule has 0 spiro atoms. The molecule has 0 radical (unpaired) electrons. The van der Waals surface area contributed by atoms with Gasteiger partial charge in [-0.1, -0.05) is 0 Å². The van der Waals surface area contributed by atoms with E-state index in [-0.39, 0.29) is 18.0 Å². The van der Waals surface area contributed by atoms with E-state index in [0.29, 0.717) is 17.4 Å². The molecule has 0 saturated carbocycles. The minimum Gasteiger partial charge on any atom is -0.453 e. The number of hydrogen-bond acceptors (Lipinski definition) is 5. The predicted octanol–water partition coefficient (Wildman–Crippen LogP) is 2.49. The van der Waals surface area contributed by atoms with Gasteiger partial charge in [0.25, 0.3) is 0 Å². The largest absolute Gasteiger partial charge is 0.453 e. The van der Waals surface area contributed by atoms with Crippen molar-refractivity contribution in [2.75, 3.05) is 13.1 Å². The van der Waals surface area contributed by atoms with E-state index >= 15 is 0 Å². The van der Waals surface area contributed by atoms with Crippen LogP contribution >= 0.6 is 0 Å². The fraction of sp³-hybridized carbons (Fsp3) is 0.556. The van der Waals surface area contributed by atoms with Crippen LogP contribution in [0.5, 0.6) is 0 Å². The summed E-state index contributed by atoms with van der Waals surface area (Å²) in [4.78, 5) is 25.2. The minimum atomic E-state index is -0.249. The number of likely N-dealkylation sites (tertiary alicyclic amines) is 1. The van der Waals surface area contributed by atoms with Crippen molar-refractivity contribution in [3.8, 4) is 0 Å². The first-order valence-electron chi connectivity index (χ1n) is 8.28. The van der Waals surface area contributed by atoms with E-state index in [1.807, 2.05) is 19.1 Å². The summed E-state index contributed by atoms with van der Waals surface area (Å²) in [5, 5.41) is 0. The molecular weight excluding hydrogens is 294 g/mol. The molecule has 0 aromatic carbocycles. The van der Waals surface area contributed by atoms with E-state index in [1.54, 1.807) is 13.0 Å². The SMILES string of the molecule is CC1=C/C(=C/CCCN2CCC[C@@H]2[C@H]2C=C(C)C(=O)O2)OC1=O. The third-order valence-corrected chi connectivity index (χ3v) is 4.66. The van der Waals surface area contributed by atoms with Gasteiger partial charge < -0.3 is 9.47 Å². The number of nitrogens with zero attached hydrogens (tertiary/aromatic N) is 1. The first-order valence-corrected chi connectivity index (χ1v) is 8.28. The smallest absolute Gasteiger partial charge is 0.339 e. The highest BCUT2D eigenvalue weighted by Crippen LogP contribution is 2.27. The first kappa shape index (κ1) is 16.0. The maximum atomic E-state index is 11.5. The van der Waals surface area contributed by atoms with Crippen molar-refractivity contribution in [1.82, 2.24) is 4.90 Å². The summed E-state index contributed by atoms with van der Waals surface area (Å²) in [5.41, 5.74) is 1.37. The van der Waals surface area contributed by atoms with Gasteiger partial charge in [-0.05, 0) is 70.8 Å². The molecule has 3 heterocycles. The molecule has 5 heteroatoms. The van der Waals surface area contributed by atoms with E-state index in [2.05, 4.69) is 4.90 Å². The van der Waals surface area contributed by atoms with Crippen molar-refractivity contribution in [2.45, 2.75) is 51.7 Å². The molecule has 5 nitrogen and oxygen atoms in total. The van der Waals surface area contributed by atoms with Crippen molar-refractivity contribution in [3.63, 3.8) is 0 Å². The van der Waals surface area contributed by atoms with Crippen molar-refractivity contribution in [3.05, 3.63) is 35.1 Å². The van der Waals surface area contributed by atoms with E-state index in [1.165, 1.54) is 0 Å². The average molecular weight is 317 g/mol. The monoisotopic (exact) mass is 317 g/mol. The second-order valence-corrected chi connectivity index (χ2v) is 6.43. The molecule has 3 aliphatic heterocycles. The minimum absolute atomic E-state index is 0.0928. The maximum Gasteiger partial charge on any atom is 0.339 e. The highest BCUT2D eigenvalue weighted by atomic mass is 16.6. The average Bonchev–Trinajstić information content (AvgIpc) is 3.18. The highest BCUT2D eigenvalue weighted by Gasteiger charge is 2.36. The lowest BCUT2D eigenvalue weighted by Crippen LogP contribution is -2.39. The number of hydrogen-bond donors (Lipinski definition) is 0. The lowest BCUT2D eigenvalue weighted by molar-refractivity contribution is -0.141. The molecule has 124 valence electrons. The van der Waals surface area contributed by atoms with E-state index in [9.17, 15) is 9.59 Å². The van der Waals surface area contributed by atoms with Crippen molar-refractivity contribution >= 4 is 11.9 Å². The molecule has 0 aromatic heterocycles. The van der Waals surface area contributed by atoms with Crippen LogP contribution in [-0.2, 0) is 19.1 Å². The van der Waals surface area contributed by atoms with Crippen LogP contribution in [0, 0.1) is 0 Å². The van der Waals surface area contributed by atoms with Gasteiger partial charge in [-0.3, -0.25) is 4.90 Å². The topological polar surface area (TPSA) is 55.8 Å². The summed E-state index contributed by atoms with van der Waals surface area (Å²) in [5.74, 6) is 0.228. The zero-order valence-corrected chi connectivity index (χ0v) is 13.7. The molecule has 3 aliphatic rings. The van der Waals surface area contributed by atoms with Crippen LogP contribution < -0.4 is 0 Å². The van der Waals surface area contributed by atoms with Crippen LogP contribution in [0.1, 0.15) is 39.5 Å². The fourth-order valence-electron chi connectivity index (χ4n) is 3.38. The van der Waals surface area contributed by atoms with Crippen LogP contribution in [0.25, 0.3) is 0 Å². The molecular formula is C18H23NO4. The molecule has 2 atom stereocenters. The Morgan fingerprint density at radius 2 is 2.09 bits per heavy atom. The Morgan fingerprint density at radius 1 is 1.26 bits per heavy atom. The number of cyclic esters (lactones) is 2.